The minimum absolute atomic E-state index is 0.0257. The number of hydrogen-bond acceptors (Lipinski definition) is 3. The molecule has 3 nitrogen and oxygen atoms in total. The number of anilines is 1. The van der Waals surface area contributed by atoms with Crippen molar-refractivity contribution in [3.8, 4) is 0 Å². The lowest BCUT2D eigenvalue weighted by Gasteiger charge is -2.15. The Morgan fingerprint density at radius 3 is 2.55 bits per heavy atom. The van der Waals surface area contributed by atoms with Crippen molar-refractivity contribution in [1.29, 1.82) is 0 Å². The van der Waals surface area contributed by atoms with Crippen molar-refractivity contribution in [3.63, 3.8) is 0 Å². The topological polar surface area (TPSA) is 42.0 Å². The van der Waals surface area contributed by atoms with Crippen LogP contribution in [0.25, 0.3) is 0 Å². The molecule has 0 radical (unpaired) electrons. The normalized spacial score (nSPS) is 12.0. The minimum atomic E-state index is -0.111. The highest BCUT2D eigenvalue weighted by molar-refractivity contribution is 7.99. The van der Waals surface area contributed by atoms with Crippen molar-refractivity contribution in [2.45, 2.75) is 38.7 Å². The summed E-state index contributed by atoms with van der Waals surface area (Å²) in [6, 6.07) is 12.2. The molecule has 0 aliphatic carbocycles. The van der Waals surface area contributed by atoms with Crippen molar-refractivity contribution in [3.05, 3.63) is 58.9 Å². The van der Waals surface area contributed by atoms with Crippen LogP contribution in [0.15, 0.2) is 36.4 Å². The molecule has 2 rings (SSSR count). The Labute approximate surface area is 136 Å². The molecular formula is C18H22N2OS. The molecule has 1 aromatic carbocycles. The van der Waals surface area contributed by atoms with Crippen LogP contribution in [0.2, 0.25) is 0 Å². The number of benzene rings is 1. The second-order valence-electron chi connectivity index (χ2n) is 5.47. The van der Waals surface area contributed by atoms with Gasteiger partial charge in [-0.15, -0.1) is 11.8 Å². The fourth-order valence-corrected chi connectivity index (χ4v) is 3.15. The summed E-state index contributed by atoms with van der Waals surface area (Å²) in [6.45, 7) is 7.83. The number of amides is 1. The molecule has 0 aliphatic heterocycles. The molecule has 1 N–H and O–H groups in total. The zero-order chi connectivity index (χ0) is 16.1. The Morgan fingerprint density at radius 1 is 1.23 bits per heavy atom. The maximum Gasteiger partial charge on any atom is 0.237 e. The zero-order valence-electron chi connectivity index (χ0n) is 13.5. The van der Waals surface area contributed by atoms with E-state index in [1.165, 1.54) is 5.56 Å². The van der Waals surface area contributed by atoms with Gasteiger partial charge in [-0.25, -0.2) is 0 Å². The molecule has 0 spiro atoms. The maximum atomic E-state index is 12.4. The van der Waals surface area contributed by atoms with Crippen LogP contribution in [-0.2, 0) is 10.5 Å². The number of hydrogen-bond donors (Lipinski definition) is 1. The van der Waals surface area contributed by atoms with Gasteiger partial charge in [0, 0.05) is 11.4 Å². The number of carbonyl (C=O) groups excluding carboxylic acids is 1. The number of rotatable bonds is 5. The second kappa shape index (κ2) is 7.45. The van der Waals surface area contributed by atoms with Crippen molar-refractivity contribution in [2.75, 3.05) is 5.32 Å². The van der Waals surface area contributed by atoms with Gasteiger partial charge in [-0.2, -0.15) is 0 Å². The van der Waals surface area contributed by atoms with E-state index in [4.69, 9.17) is 0 Å². The Kier molecular flexibility index (Phi) is 5.61. The Hall–Kier alpha value is -1.81. The fraction of sp³-hybridized carbons (Fsp3) is 0.333. The molecule has 0 aliphatic rings. The summed E-state index contributed by atoms with van der Waals surface area (Å²) in [6.07, 6.45) is 0. The molecule has 0 saturated carbocycles. The third-order valence-corrected chi connectivity index (χ3v) is 4.70. The molecule has 0 saturated heterocycles. The predicted octanol–water partition coefficient (Wildman–Crippen LogP) is 4.27. The van der Waals surface area contributed by atoms with E-state index in [-0.39, 0.29) is 11.2 Å². The average Bonchev–Trinajstić information content (AvgIpc) is 2.49. The zero-order valence-corrected chi connectivity index (χ0v) is 14.3. The van der Waals surface area contributed by atoms with Crippen LogP contribution in [0.1, 0.15) is 29.4 Å². The van der Waals surface area contributed by atoms with Gasteiger partial charge < -0.3 is 5.32 Å². The first-order valence-corrected chi connectivity index (χ1v) is 8.43. The number of carbonyl (C=O) groups is 1. The first-order chi connectivity index (χ1) is 10.5. The van der Waals surface area contributed by atoms with Gasteiger partial charge in [0.05, 0.1) is 16.6 Å². The van der Waals surface area contributed by atoms with Crippen LogP contribution in [0, 0.1) is 20.8 Å². The van der Waals surface area contributed by atoms with E-state index in [1.807, 2.05) is 52.0 Å². The molecule has 2 aromatic rings. The average molecular weight is 314 g/mol. The standard InChI is InChI=1S/C18H22N2OS/c1-12-10-13(2)19-14(3)17(12)20-18(21)15(4)22-11-16-8-6-5-7-9-16/h5-10,15H,11H2,1-4H3,(H,20,21). The largest absolute Gasteiger partial charge is 0.323 e. The van der Waals surface area contributed by atoms with Crippen LogP contribution < -0.4 is 5.32 Å². The van der Waals surface area contributed by atoms with Gasteiger partial charge in [0.25, 0.3) is 0 Å². The van der Waals surface area contributed by atoms with Gasteiger partial charge in [0.15, 0.2) is 0 Å². The van der Waals surface area contributed by atoms with E-state index in [9.17, 15) is 4.79 Å². The van der Waals surface area contributed by atoms with Gasteiger partial charge >= 0.3 is 0 Å². The van der Waals surface area contributed by atoms with Gasteiger partial charge in [-0.1, -0.05) is 30.3 Å². The molecule has 116 valence electrons. The number of nitrogens with one attached hydrogen (secondary N) is 1. The van der Waals surface area contributed by atoms with Crippen LogP contribution in [0.5, 0.6) is 0 Å². The van der Waals surface area contributed by atoms with E-state index < -0.39 is 0 Å². The molecular weight excluding hydrogens is 292 g/mol. The van der Waals surface area contributed by atoms with Crippen molar-refractivity contribution >= 4 is 23.4 Å². The highest BCUT2D eigenvalue weighted by atomic mass is 32.2. The number of aromatic nitrogens is 1. The van der Waals surface area contributed by atoms with Gasteiger partial charge in [0.2, 0.25) is 5.91 Å². The lowest BCUT2D eigenvalue weighted by Crippen LogP contribution is -2.23. The highest BCUT2D eigenvalue weighted by Crippen LogP contribution is 2.22. The van der Waals surface area contributed by atoms with Crippen molar-refractivity contribution in [2.24, 2.45) is 0 Å². The summed E-state index contributed by atoms with van der Waals surface area (Å²) in [5.41, 5.74) is 4.96. The molecule has 1 aromatic heterocycles. The Balaban J connectivity index is 1.97. The number of aryl methyl sites for hydroxylation is 3. The van der Waals surface area contributed by atoms with E-state index >= 15 is 0 Å². The monoisotopic (exact) mass is 314 g/mol. The SMILES string of the molecule is Cc1cc(C)c(NC(=O)C(C)SCc2ccccc2)c(C)n1. The Morgan fingerprint density at radius 2 is 1.91 bits per heavy atom. The van der Waals surface area contributed by atoms with Crippen LogP contribution in [0.4, 0.5) is 5.69 Å². The summed E-state index contributed by atoms with van der Waals surface area (Å²) in [4.78, 5) is 16.8. The van der Waals surface area contributed by atoms with Crippen LogP contribution >= 0.6 is 11.8 Å². The summed E-state index contributed by atoms with van der Waals surface area (Å²) in [7, 11) is 0. The summed E-state index contributed by atoms with van der Waals surface area (Å²) < 4.78 is 0. The minimum Gasteiger partial charge on any atom is -0.323 e. The molecule has 1 amide bonds. The molecule has 0 bridgehead atoms. The quantitative estimate of drug-likeness (QED) is 0.896. The lowest BCUT2D eigenvalue weighted by atomic mass is 10.1. The summed E-state index contributed by atoms with van der Waals surface area (Å²) in [5, 5.41) is 2.91. The third-order valence-electron chi connectivity index (χ3n) is 3.49. The van der Waals surface area contributed by atoms with E-state index in [2.05, 4.69) is 22.4 Å². The molecule has 22 heavy (non-hydrogen) atoms. The predicted molar refractivity (Wildman–Crippen MR) is 94.3 cm³/mol. The molecule has 0 fully saturated rings. The van der Waals surface area contributed by atoms with Gasteiger partial charge in [0.1, 0.15) is 0 Å². The van der Waals surface area contributed by atoms with Gasteiger partial charge in [-0.3, -0.25) is 9.78 Å². The van der Waals surface area contributed by atoms with E-state index in [0.29, 0.717) is 0 Å². The van der Waals surface area contributed by atoms with Gasteiger partial charge in [-0.05, 0) is 44.9 Å². The maximum absolute atomic E-state index is 12.4. The first kappa shape index (κ1) is 16.6. The summed E-state index contributed by atoms with van der Waals surface area (Å²) in [5.74, 6) is 0.859. The smallest absolute Gasteiger partial charge is 0.237 e. The van der Waals surface area contributed by atoms with Crippen molar-refractivity contribution < 1.29 is 4.79 Å². The van der Waals surface area contributed by atoms with Crippen molar-refractivity contribution in [1.82, 2.24) is 4.98 Å². The fourth-order valence-electron chi connectivity index (χ4n) is 2.31. The van der Waals surface area contributed by atoms with E-state index in [0.717, 1.165) is 28.4 Å². The lowest BCUT2D eigenvalue weighted by molar-refractivity contribution is -0.115. The second-order valence-corrected chi connectivity index (χ2v) is 6.80. The summed E-state index contributed by atoms with van der Waals surface area (Å²) >= 11 is 1.64. The molecule has 1 atom stereocenters. The van der Waals surface area contributed by atoms with Crippen LogP contribution in [-0.4, -0.2) is 16.1 Å². The molecule has 1 heterocycles. The van der Waals surface area contributed by atoms with E-state index in [1.54, 1.807) is 11.8 Å². The Bertz CT molecular complexity index is 632. The molecule has 1 unspecified atom stereocenters. The highest BCUT2D eigenvalue weighted by Gasteiger charge is 2.16. The van der Waals surface area contributed by atoms with Crippen LogP contribution in [0.3, 0.4) is 0 Å². The molecule has 4 heteroatoms. The number of pyridine rings is 1. The number of thioether (sulfide) groups is 1. The first-order valence-electron chi connectivity index (χ1n) is 7.38. The number of nitrogens with zero attached hydrogens (tertiary/aromatic N) is 1. The third kappa shape index (κ3) is 4.34.